The summed E-state index contributed by atoms with van der Waals surface area (Å²) in [7, 11) is 1.57. The van der Waals surface area contributed by atoms with Crippen LogP contribution in [-0.2, 0) is 6.54 Å². The first-order valence-corrected chi connectivity index (χ1v) is 9.28. The molecule has 0 aliphatic carbocycles. The number of aromatic nitrogens is 1. The predicted molar refractivity (Wildman–Crippen MR) is 104 cm³/mol. The minimum Gasteiger partial charge on any atom is -0.497 e. The second-order valence-electron chi connectivity index (χ2n) is 5.90. The lowest BCUT2D eigenvalue weighted by Gasteiger charge is -2.18. The number of hydrogen-bond acceptors (Lipinski definition) is 5. The van der Waals surface area contributed by atoms with Crippen LogP contribution in [0.15, 0.2) is 54.0 Å². The van der Waals surface area contributed by atoms with Crippen LogP contribution in [0.25, 0.3) is 10.2 Å². The van der Waals surface area contributed by atoms with Crippen LogP contribution in [0.5, 0.6) is 17.2 Å². The second kappa shape index (κ2) is 7.28. The monoisotopic (exact) mass is 382 g/mol. The first kappa shape index (κ1) is 17.4. The number of ether oxygens (including phenoxy) is 3. The van der Waals surface area contributed by atoms with E-state index in [0.717, 1.165) is 10.2 Å². The Balaban J connectivity index is 1.84. The predicted octanol–water partition coefficient (Wildman–Crippen LogP) is 3.41. The highest BCUT2D eigenvalue weighted by Gasteiger charge is 2.16. The largest absolute Gasteiger partial charge is 0.497 e. The molecule has 4 rings (SSSR count). The van der Waals surface area contributed by atoms with E-state index in [4.69, 9.17) is 14.2 Å². The van der Waals surface area contributed by atoms with Crippen molar-refractivity contribution in [2.45, 2.75) is 6.54 Å². The van der Waals surface area contributed by atoms with Gasteiger partial charge in [0.05, 0.1) is 17.3 Å². The molecule has 0 radical (unpaired) electrons. The molecule has 0 saturated heterocycles. The summed E-state index contributed by atoms with van der Waals surface area (Å²) < 4.78 is 19.4. The number of amides is 1. The summed E-state index contributed by atoms with van der Waals surface area (Å²) in [6.07, 6.45) is 1.78. The van der Waals surface area contributed by atoms with Crippen LogP contribution in [0.2, 0.25) is 0 Å². The highest BCUT2D eigenvalue weighted by atomic mass is 32.1. The number of allylic oxidation sites excluding steroid dienone is 1. The summed E-state index contributed by atoms with van der Waals surface area (Å²) in [6, 6.07) is 10.8. The lowest BCUT2D eigenvalue weighted by molar-refractivity contribution is 0.0997. The van der Waals surface area contributed by atoms with Gasteiger partial charge >= 0.3 is 0 Å². The van der Waals surface area contributed by atoms with E-state index in [2.05, 4.69) is 11.6 Å². The maximum atomic E-state index is 12.7. The maximum Gasteiger partial charge on any atom is 0.279 e. The molecule has 0 fully saturated rings. The molecule has 0 unspecified atom stereocenters. The molecule has 0 spiro atoms. The van der Waals surface area contributed by atoms with Crippen molar-refractivity contribution in [2.24, 2.45) is 4.99 Å². The molecule has 0 bridgehead atoms. The summed E-state index contributed by atoms with van der Waals surface area (Å²) >= 11 is 1.43. The fraction of sp³-hybridized carbons (Fsp3) is 0.200. The van der Waals surface area contributed by atoms with Crippen molar-refractivity contribution in [3.63, 3.8) is 0 Å². The molecule has 3 aromatic rings. The van der Waals surface area contributed by atoms with E-state index in [-0.39, 0.29) is 5.91 Å². The quantitative estimate of drug-likeness (QED) is 0.649. The van der Waals surface area contributed by atoms with Crippen LogP contribution in [0, 0.1) is 0 Å². The molecule has 6 nitrogen and oxygen atoms in total. The molecular weight excluding hydrogens is 364 g/mol. The van der Waals surface area contributed by atoms with E-state index in [1.807, 2.05) is 16.7 Å². The zero-order valence-corrected chi connectivity index (χ0v) is 15.6. The Morgan fingerprint density at radius 2 is 2.07 bits per heavy atom. The van der Waals surface area contributed by atoms with E-state index in [9.17, 15) is 4.79 Å². The van der Waals surface area contributed by atoms with Crippen molar-refractivity contribution in [2.75, 3.05) is 20.3 Å². The highest BCUT2D eigenvalue weighted by molar-refractivity contribution is 7.16. The molecular formula is C20H18N2O4S. The Labute approximate surface area is 159 Å². The van der Waals surface area contributed by atoms with Crippen molar-refractivity contribution in [1.82, 2.24) is 4.57 Å². The molecule has 2 heterocycles. The Hall–Kier alpha value is -3.06. The van der Waals surface area contributed by atoms with Gasteiger partial charge in [0.25, 0.3) is 5.91 Å². The average Bonchev–Trinajstić information content (AvgIpc) is 3.02. The number of hydrogen-bond donors (Lipinski definition) is 0. The van der Waals surface area contributed by atoms with Crippen molar-refractivity contribution >= 4 is 27.5 Å². The summed E-state index contributed by atoms with van der Waals surface area (Å²) in [4.78, 5) is 17.6. The number of thiazole rings is 1. The third-order valence-electron chi connectivity index (χ3n) is 4.17. The highest BCUT2D eigenvalue weighted by Crippen LogP contribution is 2.35. The number of methoxy groups -OCH3 is 1. The molecule has 0 saturated carbocycles. The van der Waals surface area contributed by atoms with Gasteiger partial charge in [0, 0.05) is 24.2 Å². The van der Waals surface area contributed by atoms with Gasteiger partial charge in [-0.1, -0.05) is 23.5 Å². The van der Waals surface area contributed by atoms with Gasteiger partial charge in [-0.2, -0.15) is 4.99 Å². The smallest absolute Gasteiger partial charge is 0.279 e. The molecule has 1 aromatic heterocycles. The molecule has 7 heteroatoms. The fourth-order valence-electron chi connectivity index (χ4n) is 2.90. The molecule has 27 heavy (non-hydrogen) atoms. The Bertz CT molecular complexity index is 1100. The molecule has 0 N–H and O–H groups in total. The number of nitrogens with zero attached hydrogens (tertiary/aromatic N) is 2. The Morgan fingerprint density at radius 1 is 1.30 bits per heavy atom. The summed E-state index contributed by atoms with van der Waals surface area (Å²) in [5, 5.41) is 0. The summed E-state index contributed by atoms with van der Waals surface area (Å²) in [6.45, 7) is 5.40. The van der Waals surface area contributed by atoms with Gasteiger partial charge in [0.2, 0.25) is 0 Å². The number of rotatable bonds is 4. The van der Waals surface area contributed by atoms with Crippen molar-refractivity contribution < 1.29 is 19.0 Å². The summed E-state index contributed by atoms with van der Waals surface area (Å²) in [5.74, 6) is 1.71. The number of carbonyl (C=O) groups is 1. The van der Waals surface area contributed by atoms with E-state index in [1.54, 1.807) is 37.5 Å². The third kappa shape index (κ3) is 3.33. The van der Waals surface area contributed by atoms with Crippen LogP contribution in [0.3, 0.4) is 0 Å². The van der Waals surface area contributed by atoms with Gasteiger partial charge in [-0.3, -0.25) is 4.79 Å². The van der Waals surface area contributed by atoms with Crippen LogP contribution in [-0.4, -0.2) is 30.8 Å². The van der Waals surface area contributed by atoms with Crippen LogP contribution in [0.4, 0.5) is 0 Å². The van der Waals surface area contributed by atoms with Gasteiger partial charge in [0.15, 0.2) is 16.3 Å². The first-order chi connectivity index (χ1) is 13.2. The first-order valence-electron chi connectivity index (χ1n) is 8.46. The van der Waals surface area contributed by atoms with Gasteiger partial charge in [-0.15, -0.1) is 6.58 Å². The topological polar surface area (TPSA) is 62.1 Å². The fourth-order valence-corrected chi connectivity index (χ4v) is 3.95. The third-order valence-corrected chi connectivity index (χ3v) is 5.21. The Kier molecular flexibility index (Phi) is 4.68. The molecule has 0 atom stereocenters. The van der Waals surface area contributed by atoms with E-state index in [0.29, 0.717) is 47.4 Å². The lowest BCUT2D eigenvalue weighted by atomic mass is 10.2. The van der Waals surface area contributed by atoms with E-state index < -0.39 is 0 Å². The molecule has 1 aliphatic heterocycles. The van der Waals surface area contributed by atoms with E-state index >= 15 is 0 Å². The van der Waals surface area contributed by atoms with Crippen LogP contribution < -0.4 is 19.0 Å². The minimum atomic E-state index is -0.324. The zero-order chi connectivity index (χ0) is 18.8. The number of benzene rings is 2. The van der Waals surface area contributed by atoms with Gasteiger partial charge in [-0.05, 0) is 18.2 Å². The molecule has 1 aliphatic rings. The van der Waals surface area contributed by atoms with Crippen molar-refractivity contribution in [3.05, 3.63) is 59.4 Å². The molecule has 138 valence electrons. The van der Waals surface area contributed by atoms with E-state index in [1.165, 1.54) is 11.3 Å². The SMILES string of the molecule is C=CCn1c(=NC(=O)c2cccc(OC)c2)sc2cc3c(cc21)OCCO3. The van der Waals surface area contributed by atoms with Crippen molar-refractivity contribution in [3.8, 4) is 17.2 Å². The minimum absolute atomic E-state index is 0.324. The Morgan fingerprint density at radius 3 is 2.81 bits per heavy atom. The van der Waals surface area contributed by atoms with Gasteiger partial charge in [0.1, 0.15) is 19.0 Å². The van der Waals surface area contributed by atoms with Crippen molar-refractivity contribution in [1.29, 1.82) is 0 Å². The summed E-state index contributed by atoms with van der Waals surface area (Å²) in [5.41, 5.74) is 1.41. The standard InChI is InChI=1S/C20H18N2O4S/c1-3-7-22-15-11-16-17(26-9-8-25-16)12-18(15)27-20(22)21-19(23)13-5-4-6-14(10-13)24-2/h3-6,10-12H,1,7-9H2,2H3. The average molecular weight is 382 g/mol. The number of fused-ring (bicyclic) bond motifs is 2. The molecule has 1 amide bonds. The normalized spacial score (nSPS) is 13.6. The van der Waals surface area contributed by atoms with Crippen LogP contribution in [0.1, 0.15) is 10.4 Å². The molecule has 2 aromatic carbocycles. The van der Waals surface area contributed by atoms with Crippen LogP contribution >= 0.6 is 11.3 Å². The number of carbonyl (C=O) groups excluding carboxylic acids is 1. The van der Waals surface area contributed by atoms with Gasteiger partial charge in [-0.25, -0.2) is 0 Å². The lowest BCUT2D eigenvalue weighted by Crippen LogP contribution is -2.17. The second-order valence-corrected chi connectivity index (χ2v) is 6.91. The zero-order valence-electron chi connectivity index (χ0n) is 14.8. The van der Waals surface area contributed by atoms with Gasteiger partial charge < -0.3 is 18.8 Å². The maximum absolute atomic E-state index is 12.7.